The first-order valence-electron chi connectivity index (χ1n) is 7.17. The number of imidazole rings is 1. The number of amides is 1. The van der Waals surface area contributed by atoms with Gasteiger partial charge in [-0.2, -0.15) is 0 Å². The molecule has 1 fully saturated rings. The Kier molecular flexibility index (Phi) is 3.87. The predicted octanol–water partition coefficient (Wildman–Crippen LogP) is 2.33. The number of carbonyl (C=O) groups excluding carboxylic acids is 1. The molecule has 0 bridgehead atoms. The highest BCUT2D eigenvalue weighted by atomic mass is 35.5. The molecule has 2 aromatic heterocycles. The van der Waals surface area contributed by atoms with Crippen molar-refractivity contribution >= 4 is 23.2 Å². The third-order valence-corrected chi connectivity index (χ3v) is 4.23. The highest BCUT2D eigenvalue weighted by molar-refractivity contribution is 6.30. The van der Waals surface area contributed by atoms with Gasteiger partial charge in [0.1, 0.15) is 11.3 Å². The topological polar surface area (TPSA) is 66.6 Å². The quantitative estimate of drug-likeness (QED) is 0.895. The fraction of sp³-hybridized carbons (Fsp3) is 0.467. The number of hydrogen-bond acceptors (Lipinski definition) is 3. The largest absolute Gasteiger partial charge is 0.393 e. The van der Waals surface area contributed by atoms with Crippen LogP contribution in [0.4, 0.5) is 0 Å². The Hall–Kier alpha value is -1.59. The summed E-state index contributed by atoms with van der Waals surface area (Å²) in [5.41, 5.74) is 1.92. The molecule has 112 valence electrons. The van der Waals surface area contributed by atoms with Crippen LogP contribution in [0, 0.1) is 6.92 Å². The second-order valence-corrected chi connectivity index (χ2v) is 6.04. The SMILES string of the molecule is Cc1nc2ccc(Cl)cn2c1C(=O)NC1CCC(O)CC1. The van der Waals surface area contributed by atoms with Crippen molar-refractivity contribution < 1.29 is 9.90 Å². The maximum atomic E-state index is 12.5. The average molecular weight is 308 g/mol. The minimum atomic E-state index is -0.227. The number of nitrogens with zero attached hydrogens (tertiary/aromatic N) is 2. The highest BCUT2D eigenvalue weighted by Crippen LogP contribution is 2.20. The van der Waals surface area contributed by atoms with Crippen molar-refractivity contribution in [2.75, 3.05) is 0 Å². The van der Waals surface area contributed by atoms with Gasteiger partial charge in [-0.3, -0.25) is 9.20 Å². The van der Waals surface area contributed by atoms with Crippen molar-refractivity contribution in [3.8, 4) is 0 Å². The minimum Gasteiger partial charge on any atom is -0.393 e. The Labute approximate surface area is 127 Å². The maximum Gasteiger partial charge on any atom is 0.270 e. The van der Waals surface area contributed by atoms with E-state index in [1.165, 1.54) is 0 Å². The molecule has 5 nitrogen and oxygen atoms in total. The Bertz CT molecular complexity index is 675. The normalized spacial score (nSPS) is 22.4. The van der Waals surface area contributed by atoms with E-state index in [2.05, 4.69) is 10.3 Å². The Morgan fingerprint density at radius 1 is 1.38 bits per heavy atom. The first-order valence-corrected chi connectivity index (χ1v) is 7.55. The summed E-state index contributed by atoms with van der Waals surface area (Å²) in [4.78, 5) is 16.9. The number of fused-ring (bicyclic) bond motifs is 1. The molecule has 1 saturated carbocycles. The molecule has 0 saturated heterocycles. The summed E-state index contributed by atoms with van der Waals surface area (Å²) in [6.45, 7) is 1.82. The number of aliphatic hydroxyl groups excluding tert-OH is 1. The molecule has 0 atom stereocenters. The van der Waals surface area contributed by atoms with Crippen LogP contribution in [0.25, 0.3) is 5.65 Å². The van der Waals surface area contributed by atoms with Gasteiger partial charge in [-0.1, -0.05) is 11.6 Å². The van der Waals surface area contributed by atoms with E-state index in [1.54, 1.807) is 22.7 Å². The number of halogens is 1. The van der Waals surface area contributed by atoms with Crippen molar-refractivity contribution in [1.29, 1.82) is 0 Å². The lowest BCUT2D eigenvalue weighted by Crippen LogP contribution is -2.39. The smallest absolute Gasteiger partial charge is 0.270 e. The van der Waals surface area contributed by atoms with E-state index in [9.17, 15) is 9.90 Å². The molecule has 1 amide bonds. The molecule has 21 heavy (non-hydrogen) atoms. The standard InChI is InChI=1S/C15H18ClN3O2/c1-9-14(19-8-10(16)2-7-13(19)17-9)15(21)18-11-3-5-12(20)6-4-11/h2,7-8,11-12,20H,3-6H2,1H3,(H,18,21). The number of rotatable bonds is 2. The molecule has 1 aliphatic rings. The molecule has 1 aliphatic carbocycles. The summed E-state index contributed by atoms with van der Waals surface area (Å²) < 4.78 is 1.73. The summed E-state index contributed by atoms with van der Waals surface area (Å²) in [5.74, 6) is -0.136. The van der Waals surface area contributed by atoms with Crippen LogP contribution in [0.2, 0.25) is 5.02 Å². The van der Waals surface area contributed by atoms with Gasteiger partial charge in [0, 0.05) is 12.2 Å². The van der Waals surface area contributed by atoms with Gasteiger partial charge in [0.25, 0.3) is 5.91 Å². The first-order chi connectivity index (χ1) is 10.0. The summed E-state index contributed by atoms with van der Waals surface area (Å²) >= 11 is 6.00. The summed E-state index contributed by atoms with van der Waals surface area (Å²) in [5, 5.41) is 13.1. The fourth-order valence-corrected chi connectivity index (χ4v) is 3.04. The van der Waals surface area contributed by atoms with Crippen molar-refractivity contribution in [1.82, 2.24) is 14.7 Å². The molecule has 0 radical (unpaired) electrons. The zero-order valence-corrected chi connectivity index (χ0v) is 12.6. The van der Waals surface area contributed by atoms with Crippen molar-refractivity contribution in [2.24, 2.45) is 0 Å². The number of carbonyl (C=O) groups is 1. The number of hydrogen-bond donors (Lipinski definition) is 2. The number of pyridine rings is 1. The van der Waals surface area contributed by atoms with Gasteiger partial charge in [0.05, 0.1) is 16.8 Å². The van der Waals surface area contributed by atoms with E-state index >= 15 is 0 Å². The zero-order valence-electron chi connectivity index (χ0n) is 11.8. The lowest BCUT2D eigenvalue weighted by molar-refractivity contribution is 0.0862. The van der Waals surface area contributed by atoms with Crippen LogP contribution in [0.1, 0.15) is 41.9 Å². The monoisotopic (exact) mass is 307 g/mol. The number of aryl methyl sites for hydroxylation is 1. The minimum absolute atomic E-state index is 0.116. The van der Waals surface area contributed by atoms with Gasteiger partial charge in [-0.05, 0) is 44.7 Å². The Balaban J connectivity index is 1.84. The molecular formula is C15H18ClN3O2. The van der Waals surface area contributed by atoms with Crippen molar-refractivity contribution in [3.05, 3.63) is 34.7 Å². The third kappa shape index (κ3) is 2.89. The molecule has 2 N–H and O–H groups in total. The zero-order chi connectivity index (χ0) is 15.0. The molecule has 0 aromatic carbocycles. The van der Waals surface area contributed by atoms with Gasteiger partial charge in [-0.15, -0.1) is 0 Å². The number of aromatic nitrogens is 2. The first kappa shape index (κ1) is 14.4. The second kappa shape index (κ2) is 5.66. The molecule has 3 rings (SSSR count). The van der Waals surface area contributed by atoms with Gasteiger partial charge < -0.3 is 10.4 Å². The van der Waals surface area contributed by atoms with Crippen LogP contribution in [0.15, 0.2) is 18.3 Å². The second-order valence-electron chi connectivity index (χ2n) is 5.60. The van der Waals surface area contributed by atoms with E-state index in [4.69, 9.17) is 11.6 Å². The van der Waals surface area contributed by atoms with Gasteiger partial charge >= 0.3 is 0 Å². The number of nitrogens with one attached hydrogen (secondary N) is 1. The molecule has 2 heterocycles. The van der Waals surface area contributed by atoms with Crippen LogP contribution in [0.3, 0.4) is 0 Å². The van der Waals surface area contributed by atoms with Crippen LogP contribution in [-0.2, 0) is 0 Å². The predicted molar refractivity (Wildman–Crippen MR) is 80.7 cm³/mol. The molecule has 0 unspecified atom stereocenters. The average Bonchev–Trinajstić information content (AvgIpc) is 2.76. The maximum absolute atomic E-state index is 12.5. The van der Waals surface area contributed by atoms with Gasteiger partial charge in [0.15, 0.2) is 0 Å². The summed E-state index contributed by atoms with van der Waals surface area (Å²) in [7, 11) is 0. The Morgan fingerprint density at radius 2 is 2.10 bits per heavy atom. The van der Waals surface area contributed by atoms with Crippen LogP contribution in [-0.4, -0.2) is 32.5 Å². The summed E-state index contributed by atoms with van der Waals surface area (Å²) in [6.07, 6.45) is 4.57. The van der Waals surface area contributed by atoms with Crippen LogP contribution in [0.5, 0.6) is 0 Å². The lowest BCUT2D eigenvalue weighted by atomic mass is 9.93. The fourth-order valence-electron chi connectivity index (χ4n) is 2.88. The van der Waals surface area contributed by atoms with Gasteiger partial charge in [0.2, 0.25) is 0 Å². The van der Waals surface area contributed by atoms with E-state index in [0.717, 1.165) is 25.7 Å². The van der Waals surface area contributed by atoms with E-state index in [-0.39, 0.29) is 18.1 Å². The van der Waals surface area contributed by atoms with E-state index in [1.807, 2.05) is 6.92 Å². The summed E-state index contributed by atoms with van der Waals surface area (Å²) in [6, 6.07) is 3.67. The Morgan fingerprint density at radius 3 is 2.81 bits per heavy atom. The molecular weight excluding hydrogens is 290 g/mol. The molecule has 2 aromatic rings. The van der Waals surface area contributed by atoms with E-state index < -0.39 is 0 Å². The third-order valence-electron chi connectivity index (χ3n) is 4.00. The molecule has 0 spiro atoms. The molecule has 6 heteroatoms. The van der Waals surface area contributed by atoms with Crippen molar-refractivity contribution in [3.63, 3.8) is 0 Å². The van der Waals surface area contributed by atoms with E-state index in [0.29, 0.717) is 22.1 Å². The van der Waals surface area contributed by atoms with Crippen molar-refractivity contribution in [2.45, 2.75) is 44.8 Å². The van der Waals surface area contributed by atoms with Crippen LogP contribution < -0.4 is 5.32 Å². The van der Waals surface area contributed by atoms with Crippen LogP contribution >= 0.6 is 11.6 Å². The molecule has 0 aliphatic heterocycles. The highest BCUT2D eigenvalue weighted by Gasteiger charge is 2.23. The van der Waals surface area contributed by atoms with Gasteiger partial charge in [-0.25, -0.2) is 4.98 Å². The number of aliphatic hydroxyl groups is 1. The lowest BCUT2D eigenvalue weighted by Gasteiger charge is -2.26.